The van der Waals surface area contributed by atoms with Gasteiger partial charge in [-0.05, 0) is 78.1 Å². The van der Waals surface area contributed by atoms with E-state index in [9.17, 15) is 0 Å². The molecule has 0 aliphatic heterocycles. The van der Waals surface area contributed by atoms with E-state index < -0.39 is 0 Å². The second-order valence-electron chi connectivity index (χ2n) is 8.73. The minimum Gasteiger partial charge on any atom is -0.315 e. The summed E-state index contributed by atoms with van der Waals surface area (Å²) in [6, 6.07) is 22.6. The summed E-state index contributed by atoms with van der Waals surface area (Å²) in [4.78, 5) is 4.66. The number of benzene rings is 2. The van der Waals surface area contributed by atoms with Gasteiger partial charge in [-0.1, -0.05) is 60.7 Å². The number of nitrogens with one attached hydrogen (secondary N) is 2. The van der Waals surface area contributed by atoms with Crippen molar-refractivity contribution in [3.8, 4) is 0 Å². The molecule has 0 saturated carbocycles. The van der Waals surface area contributed by atoms with Gasteiger partial charge in [-0.15, -0.1) is 0 Å². The van der Waals surface area contributed by atoms with Gasteiger partial charge < -0.3 is 20.4 Å². The Morgan fingerprint density at radius 1 is 0.600 bits per heavy atom. The van der Waals surface area contributed by atoms with Crippen molar-refractivity contribution < 1.29 is 0 Å². The van der Waals surface area contributed by atoms with Gasteiger partial charge in [0.15, 0.2) is 0 Å². The van der Waals surface area contributed by atoms with Crippen LogP contribution in [0.15, 0.2) is 60.7 Å². The highest BCUT2D eigenvalue weighted by Crippen LogP contribution is 2.07. The van der Waals surface area contributed by atoms with Crippen molar-refractivity contribution in [1.82, 2.24) is 20.4 Å². The fraction of sp³-hybridized carbons (Fsp3) is 0.538. The summed E-state index contributed by atoms with van der Waals surface area (Å²) in [7, 11) is 8.71. The fourth-order valence-electron chi connectivity index (χ4n) is 3.68. The highest BCUT2D eigenvalue weighted by Gasteiger charge is 2.12. The molecule has 0 fully saturated rings. The second kappa shape index (κ2) is 14.3. The molecular weight excluding hydrogens is 368 g/mol. The molecule has 2 N–H and O–H groups in total. The maximum Gasteiger partial charge on any atom is 0.0254 e. The Kier molecular flexibility index (Phi) is 11.7. The van der Waals surface area contributed by atoms with Crippen molar-refractivity contribution in [2.45, 2.75) is 37.8 Å². The number of rotatable bonds is 15. The first-order chi connectivity index (χ1) is 14.6. The van der Waals surface area contributed by atoms with Gasteiger partial charge in [0.2, 0.25) is 0 Å². The lowest BCUT2D eigenvalue weighted by atomic mass is 10.1. The minimum absolute atomic E-state index is 0.532. The van der Waals surface area contributed by atoms with Crippen LogP contribution in [-0.2, 0) is 12.8 Å². The van der Waals surface area contributed by atoms with Gasteiger partial charge in [0.25, 0.3) is 0 Å². The van der Waals surface area contributed by atoms with Crippen molar-refractivity contribution in [3.63, 3.8) is 0 Å². The molecule has 0 bridgehead atoms. The SMILES string of the molecule is CN(C)[C@@H](CNCCCCNC[C@@H](Cc1ccccc1)N(C)C)Cc1ccccc1. The van der Waals surface area contributed by atoms with Crippen molar-refractivity contribution in [3.05, 3.63) is 71.8 Å². The van der Waals surface area contributed by atoms with Crippen molar-refractivity contribution in [1.29, 1.82) is 0 Å². The fourth-order valence-corrected chi connectivity index (χ4v) is 3.68. The third-order valence-electron chi connectivity index (χ3n) is 5.81. The van der Waals surface area contributed by atoms with Gasteiger partial charge in [0.1, 0.15) is 0 Å². The lowest BCUT2D eigenvalue weighted by molar-refractivity contribution is 0.278. The first-order valence-electron chi connectivity index (χ1n) is 11.4. The lowest BCUT2D eigenvalue weighted by Crippen LogP contribution is -2.40. The first-order valence-corrected chi connectivity index (χ1v) is 11.4. The Hall–Kier alpha value is -1.72. The Morgan fingerprint density at radius 3 is 1.30 bits per heavy atom. The molecule has 0 radical (unpaired) electrons. The Balaban J connectivity index is 1.57. The molecule has 4 heteroatoms. The summed E-state index contributed by atoms with van der Waals surface area (Å²) in [5.41, 5.74) is 2.82. The van der Waals surface area contributed by atoms with E-state index in [0.717, 1.165) is 39.0 Å². The molecule has 30 heavy (non-hydrogen) atoms. The summed E-state index contributed by atoms with van der Waals surface area (Å²) in [6.07, 6.45) is 4.61. The van der Waals surface area contributed by atoms with Crippen molar-refractivity contribution in [2.24, 2.45) is 0 Å². The molecule has 2 aromatic rings. The predicted octanol–water partition coefficient (Wildman–Crippen LogP) is 3.29. The Labute approximate surface area is 184 Å². The topological polar surface area (TPSA) is 30.5 Å². The zero-order valence-electron chi connectivity index (χ0n) is 19.5. The molecule has 0 saturated heterocycles. The van der Waals surface area contributed by atoms with Crippen LogP contribution in [0.4, 0.5) is 0 Å². The van der Waals surface area contributed by atoms with Crippen LogP contribution in [0.1, 0.15) is 24.0 Å². The highest BCUT2D eigenvalue weighted by atomic mass is 15.1. The monoisotopic (exact) mass is 410 g/mol. The summed E-state index contributed by atoms with van der Waals surface area (Å²) in [6.45, 7) is 4.24. The van der Waals surface area contributed by atoms with Gasteiger partial charge in [-0.2, -0.15) is 0 Å². The highest BCUT2D eigenvalue weighted by molar-refractivity contribution is 5.16. The summed E-state index contributed by atoms with van der Waals surface area (Å²) in [5.74, 6) is 0. The van der Waals surface area contributed by atoms with Crippen LogP contribution in [0, 0.1) is 0 Å². The van der Waals surface area contributed by atoms with Gasteiger partial charge in [-0.25, -0.2) is 0 Å². The lowest BCUT2D eigenvalue weighted by Gasteiger charge is -2.25. The van der Waals surface area contributed by atoms with Crippen LogP contribution in [-0.4, -0.2) is 76.3 Å². The first kappa shape index (κ1) is 24.5. The number of hydrogen-bond acceptors (Lipinski definition) is 4. The van der Waals surface area contributed by atoms with E-state index in [-0.39, 0.29) is 0 Å². The smallest absolute Gasteiger partial charge is 0.0254 e. The van der Waals surface area contributed by atoms with E-state index in [0.29, 0.717) is 12.1 Å². The number of hydrogen-bond donors (Lipinski definition) is 2. The van der Waals surface area contributed by atoms with Crippen LogP contribution < -0.4 is 10.6 Å². The van der Waals surface area contributed by atoms with E-state index in [1.165, 1.54) is 24.0 Å². The Bertz CT molecular complexity index is 598. The van der Waals surface area contributed by atoms with Gasteiger partial charge in [0, 0.05) is 25.2 Å². The number of unbranched alkanes of at least 4 members (excludes halogenated alkanes) is 1. The van der Waals surface area contributed by atoms with E-state index >= 15 is 0 Å². The minimum atomic E-state index is 0.532. The molecule has 2 rings (SSSR count). The molecule has 0 aliphatic rings. The number of likely N-dealkylation sites (N-methyl/N-ethyl adjacent to an activating group) is 2. The molecule has 2 aromatic carbocycles. The van der Waals surface area contributed by atoms with E-state index in [1.807, 2.05) is 0 Å². The van der Waals surface area contributed by atoms with Gasteiger partial charge in [-0.3, -0.25) is 0 Å². The maximum absolute atomic E-state index is 3.66. The average molecular weight is 411 g/mol. The molecular formula is C26H42N4. The van der Waals surface area contributed by atoms with Crippen LogP contribution in [0.5, 0.6) is 0 Å². The standard InChI is InChI=1S/C26H42N4/c1-29(2)25(19-23-13-7-5-8-14-23)21-27-17-11-12-18-28-22-26(30(3)4)20-24-15-9-6-10-16-24/h5-10,13-16,25-28H,11-12,17-22H2,1-4H3/t25-,26-/m1/s1. The van der Waals surface area contributed by atoms with Crippen LogP contribution in [0.25, 0.3) is 0 Å². The maximum atomic E-state index is 3.66. The summed E-state index contributed by atoms with van der Waals surface area (Å²) < 4.78 is 0. The third-order valence-corrected chi connectivity index (χ3v) is 5.81. The zero-order valence-corrected chi connectivity index (χ0v) is 19.5. The zero-order chi connectivity index (χ0) is 21.6. The molecule has 0 aliphatic carbocycles. The van der Waals surface area contributed by atoms with E-state index in [4.69, 9.17) is 0 Å². The van der Waals surface area contributed by atoms with E-state index in [2.05, 4.69) is 109 Å². The van der Waals surface area contributed by atoms with Crippen LogP contribution >= 0.6 is 0 Å². The molecule has 0 amide bonds. The average Bonchev–Trinajstić information content (AvgIpc) is 2.75. The molecule has 0 aromatic heterocycles. The molecule has 166 valence electrons. The Morgan fingerprint density at radius 2 is 0.967 bits per heavy atom. The summed E-state index contributed by atoms with van der Waals surface area (Å²) in [5, 5.41) is 7.32. The molecule has 4 nitrogen and oxygen atoms in total. The molecule has 2 atom stereocenters. The van der Waals surface area contributed by atoms with Crippen LogP contribution in [0.2, 0.25) is 0 Å². The quantitative estimate of drug-likeness (QED) is 0.441. The second-order valence-corrected chi connectivity index (χ2v) is 8.73. The largest absolute Gasteiger partial charge is 0.315 e. The molecule has 0 heterocycles. The van der Waals surface area contributed by atoms with Crippen molar-refractivity contribution in [2.75, 3.05) is 54.4 Å². The van der Waals surface area contributed by atoms with Crippen molar-refractivity contribution >= 4 is 0 Å². The normalized spacial score (nSPS) is 13.7. The number of nitrogens with zero attached hydrogens (tertiary/aromatic N) is 2. The summed E-state index contributed by atoms with van der Waals surface area (Å²) >= 11 is 0. The van der Waals surface area contributed by atoms with E-state index in [1.54, 1.807) is 0 Å². The molecule has 0 spiro atoms. The molecule has 0 unspecified atom stereocenters. The predicted molar refractivity (Wildman–Crippen MR) is 130 cm³/mol. The third kappa shape index (κ3) is 9.86. The van der Waals surface area contributed by atoms with Gasteiger partial charge in [0.05, 0.1) is 0 Å². The van der Waals surface area contributed by atoms with Gasteiger partial charge >= 0.3 is 0 Å². The van der Waals surface area contributed by atoms with Crippen LogP contribution in [0.3, 0.4) is 0 Å².